The van der Waals surface area contributed by atoms with E-state index in [0.29, 0.717) is 24.9 Å². The highest BCUT2D eigenvalue weighted by Gasteiger charge is 2.18. The van der Waals surface area contributed by atoms with Gasteiger partial charge in [-0.25, -0.2) is 9.97 Å². The van der Waals surface area contributed by atoms with E-state index < -0.39 is 0 Å². The zero-order valence-corrected chi connectivity index (χ0v) is 17.2. The molecule has 2 aromatic carbocycles. The van der Waals surface area contributed by atoms with E-state index in [9.17, 15) is 0 Å². The second-order valence-electron chi connectivity index (χ2n) is 8.09. The first-order chi connectivity index (χ1) is 13.9. The number of para-hydroxylation sites is 1. The molecule has 0 saturated carbocycles. The van der Waals surface area contributed by atoms with Crippen LogP contribution in [0.3, 0.4) is 0 Å². The van der Waals surface area contributed by atoms with Gasteiger partial charge < -0.3 is 20.1 Å². The average Bonchev–Trinajstić information content (AvgIpc) is 2.67. The summed E-state index contributed by atoms with van der Waals surface area (Å²) in [6.07, 6.45) is 0. The predicted octanol–water partition coefficient (Wildman–Crippen LogP) is 5.34. The summed E-state index contributed by atoms with van der Waals surface area (Å²) >= 11 is 0. The van der Waals surface area contributed by atoms with Gasteiger partial charge in [0.05, 0.1) is 0 Å². The van der Waals surface area contributed by atoms with Gasteiger partial charge in [0.15, 0.2) is 11.5 Å². The molecule has 0 unspecified atom stereocenters. The Morgan fingerprint density at radius 1 is 0.828 bits per heavy atom. The summed E-state index contributed by atoms with van der Waals surface area (Å²) in [4.78, 5) is 9.08. The Morgan fingerprint density at radius 2 is 1.52 bits per heavy atom. The number of aryl methyl sites for hydroxylation is 1. The third-order valence-electron chi connectivity index (χ3n) is 4.65. The molecule has 0 spiro atoms. The molecule has 0 atom stereocenters. The first-order valence-corrected chi connectivity index (χ1v) is 9.77. The Labute approximate surface area is 171 Å². The van der Waals surface area contributed by atoms with Crippen LogP contribution in [0.5, 0.6) is 11.5 Å². The molecule has 150 valence electrons. The number of benzene rings is 2. The summed E-state index contributed by atoms with van der Waals surface area (Å²) in [5.74, 6) is 3.65. The number of hydrogen-bond donors (Lipinski definition) is 2. The zero-order chi connectivity index (χ0) is 20.4. The van der Waals surface area contributed by atoms with Crippen molar-refractivity contribution in [2.45, 2.75) is 33.1 Å². The summed E-state index contributed by atoms with van der Waals surface area (Å²) in [6, 6.07) is 16.0. The van der Waals surface area contributed by atoms with Gasteiger partial charge in [-0.3, -0.25) is 0 Å². The molecule has 1 aromatic heterocycles. The number of nitrogens with zero attached hydrogens (tertiary/aromatic N) is 2. The van der Waals surface area contributed by atoms with Gasteiger partial charge in [0.2, 0.25) is 0 Å². The zero-order valence-electron chi connectivity index (χ0n) is 17.2. The van der Waals surface area contributed by atoms with Crippen LogP contribution >= 0.6 is 0 Å². The molecule has 0 saturated heterocycles. The molecular formula is C23H26N4O2. The molecule has 0 amide bonds. The summed E-state index contributed by atoms with van der Waals surface area (Å²) < 4.78 is 11.2. The van der Waals surface area contributed by atoms with Crippen LogP contribution < -0.4 is 20.1 Å². The Hall–Kier alpha value is -3.28. The van der Waals surface area contributed by atoms with Crippen molar-refractivity contribution in [1.82, 2.24) is 9.97 Å². The molecule has 0 bridgehead atoms. The summed E-state index contributed by atoms with van der Waals surface area (Å²) in [7, 11) is 0. The van der Waals surface area contributed by atoms with E-state index >= 15 is 0 Å². The van der Waals surface area contributed by atoms with Crippen molar-refractivity contribution in [2.75, 3.05) is 23.8 Å². The van der Waals surface area contributed by atoms with E-state index in [-0.39, 0.29) is 5.41 Å². The van der Waals surface area contributed by atoms with Crippen LogP contribution in [0.1, 0.15) is 32.2 Å². The largest absolute Gasteiger partial charge is 0.486 e. The maximum absolute atomic E-state index is 5.66. The quantitative estimate of drug-likeness (QED) is 0.627. The van der Waals surface area contributed by atoms with Gasteiger partial charge in [0, 0.05) is 23.5 Å². The number of fused-ring (bicyclic) bond motifs is 1. The van der Waals surface area contributed by atoms with Crippen molar-refractivity contribution in [1.29, 1.82) is 0 Å². The molecule has 3 aromatic rings. The molecule has 2 heterocycles. The molecule has 0 radical (unpaired) electrons. The third-order valence-corrected chi connectivity index (χ3v) is 4.65. The lowest BCUT2D eigenvalue weighted by Crippen LogP contribution is -2.15. The Kier molecular flexibility index (Phi) is 5.01. The summed E-state index contributed by atoms with van der Waals surface area (Å²) in [6.45, 7) is 9.63. The minimum atomic E-state index is 0.0257. The maximum atomic E-state index is 5.66. The van der Waals surface area contributed by atoms with Crippen LogP contribution in [0.2, 0.25) is 0 Å². The van der Waals surface area contributed by atoms with E-state index in [1.54, 1.807) is 0 Å². The van der Waals surface area contributed by atoms with Gasteiger partial charge in [0.1, 0.15) is 30.7 Å². The van der Waals surface area contributed by atoms with Crippen molar-refractivity contribution in [2.24, 2.45) is 0 Å². The third kappa shape index (κ3) is 4.42. The van der Waals surface area contributed by atoms with Crippen LogP contribution in [-0.2, 0) is 5.41 Å². The Morgan fingerprint density at radius 3 is 2.28 bits per heavy atom. The smallest absolute Gasteiger partial charge is 0.163 e. The molecule has 6 nitrogen and oxygen atoms in total. The normalized spacial score (nSPS) is 13.1. The van der Waals surface area contributed by atoms with Crippen molar-refractivity contribution in [3.05, 3.63) is 59.9 Å². The van der Waals surface area contributed by atoms with Crippen molar-refractivity contribution in [3.63, 3.8) is 0 Å². The SMILES string of the molecule is Cc1nc(Nc2ccc3c(c2)OCCO3)cc(Nc2ccccc2C(C)(C)C)n1. The molecule has 1 aliphatic heterocycles. The minimum Gasteiger partial charge on any atom is -0.486 e. The van der Waals surface area contributed by atoms with Crippen molar-refractivity contribution >= 4 is 23.0 Å². The van der Waals surface area contributed by atoms with Gasteiger partial charge in [-0.15, -0.1) is 0 Å². The standard InChI is InChI=1S/C23H26N4O2/c1-15-24-21(26-16-9-10-19-20(13-16)29-12-11-28-19)14-22(25-15)27-18-8-6-5-7-17(18)23(2,3)4/h5-10,13-14H,11-12H2,1-4H3,(H2,24,25,26,27). The van der Waals surface area contributed by atoms with E-state index in [1.165, 1.54) is 5.56 Å². The van der Waals surface area contributed by atoms with Gasteiger partial charge >= 0.3 is 0 Å². The fraction of sp³-hybridized carbons (Fsp3) is 0.304. The van der Waals surface area contributed by atoms with Crippen LogP contribution in [0.25, 0.3) is 0 Å². The molecular weight excluding hydrogens is 364 g/mol. The summed E-state index contributed by atoms with van der Waals surface area (Å²) in [5, 5.41) is 6.80. The highest BCUT2D eigenvalue weighted by atomic mass is 16.6. The molecule has 6 heteroatoms. The number of anilines is 4. The molecule has 4 rings (SSSR count). The first kappa shape index (κ1) is 19.1. The Balaban J connectivity index is 1.59. The lowest BCUT2D eigenvalue weighted by Gasteiger charge is -2.23. The van der Waals surface area contributed by atoms with E-state index in [2.05, 4.69) is 59.6 Å². The second-order valence-corrected chi connectivity index (χ2v) is 8.09. The molecule has 1 aliphatic rings. The Bertz CT molecular complexity index is 1030. The maximum Gasteiger partial charge on any atom is 0.163 e. The molecule has 2 N–H and O–H groups in total. The number of rotatable bonds is 4. The van der Waals surface area contributed by atoms with E-state index in [1.807, 2.05) is 37.3 Å². The van der Waals surface area contributed by atoms with Gasteiger partial charge in [-0.1, -0.05) is 39.0 Å². The average molecular weight is 390 g/mol. The number of aromatic nitrogens is 2. The van der Waals surface area contributed by atoms with E-state index in [0.717, 1.165) is 28.7 Å². The lowest BCUT2D eigenvalue weighted by atomic mass is 9.86. The predicted molar refractivity (Wildman–Crippen MR) is 116 cm³/mol. The first-order valence-electron chi connectivity index (χ1n) is 9.77. The lowest BCUT2D eigenvalue weighted by molar-refractivity contribution is 0.171. The minimum absolute atomic E-state index is 0.0257. The van der Waals surface area contributed by atoms with Crippen LogP contribution in [-0.4, -0.2) is 23.2 Å². The number of nitrogens with one attached hydrogen (secondary N) is 2. The highest BCUT2D eigenvalue weighted by Crippen LogP contribution is 2.34. The van der Waals surface area contributed by atoms with Gasteiger partial charge in [0.25, 0.3) is 0 Å². The fourth-order valence-corrected chi connectivity index (χ4v) is 3.35. The number of ether oxygens (including phenoxy) is 2. The van der Waals surface area contributed by atoms with Crippen molar-refractivity contribution < 1.29 is 9.47 Å². The van der Waals surface area contributed by atoms with Gasteiger partial charge in [-0.2, -0.15) is 0 Å². The molecule has 0 fully saturated rings. The van der Waals surface area contributed by atoms with Gasteiger partial charge in [-0.05, 0) is 36.1 Å². The molecule has 29 heavy (non-hydrogen) atoms. The van der Waals surface area contributed by atoms with Crippen LogP contribution in [0.4, 0.5) is 23.0 Å². The van der Waals surface area contributed by atoms with Crippen LogP contribution in [0, 0.1) is 6.92 Å². The second kappa shape index (κ2) is 7.62. The highest BCUT2D eigenvalue weighted by molar-refractivity contribution is 5.67. The summed E-state index contributed by atoms with van der Waals surface area (Å²) in [5.41, 5.74) is 3.19. The van der Waals surface area contributed by atoms with Crippen molar-refractivity contribution in [3.8, 4) is 11.5 Å². The van der Waals surface area contributed by atoms with E-state index in [4.69, 9.17) is 9.47 Å². The van der Waals surface area contributed by atoms with Crippen LogP contribution in [0.15, 0.2) is 48.5 Å². The number of hydrogen-bond acceptors (Lipinski definition) is 6. The topological polar surface area (TPSA) is 68.3 Å². The molecule has 0 aliphatic carbocycles. The monoisotopic (exact) mass is 390 g/mol. The fourth-order valence-electron chi connectivity index (χ4n) is 3.35.